The topological polar surface area (TPSA) is 111 Å². The van der Waals surface area contributed by atoms with Gasteiger partial charge in [-0.1, -0.05) is 48.5 Å². The van der Waals surface area contributed by atoms with Crippen LogP contribution in [0.2, 0.25) is 0 Å². The van der Waals surface area contributed by atoms with E-state index in [1.165, 1.54) is 34.8 Å². The van der Waals surface area contributed by atoms with Crippen molar-refractivity contribution in [3.05, 3.63) is 111 Å². The molecule has 5 aromatic rings. The zero-order chi connectivity index (χ0) is 25.9. The third kappa shape index (κ3) is 5.25. The molecule has 1 atom stereocenters. The van der Waals surface area contributed by atoms with Gasteiger partial charge in [-0.3, -0.25) is 14.9 Å². The van der Waals surface area contributed by atoms with Crippen molar-refractivity contribution < 1.29 is 19.2 Å². The maximum atomic E-state index is 13.2. The van der Waals surface area contributed by atoms with Gasteiger partial charge in [0.25, 0.3) is 11.6 Å². The number of hydrogen-bond donors (Lipinski definition) is 1. The zero-order valence-corrected chi connectivity index (χ0v) is 21.0. The van der Waals surface area contributed by atoms with E-state index in [1.54, 1.807) is 55.5 Å². The van der Waals surface area contributed by atoms with Gasteiger partial charge >= 0.3 is 5.97 Å². The molecule has 0 aliphatic carbocycles. The van der Waals surface area contributed by atoms with Crippen molar-refractivity contribution in [3.8, 4) is 9.88 Å². The molecule has 0 saturated heterocycles. The second-order valence-electron chi connectivity index (χ2n) is 8.11. The highest BCUT2D eigenvalue weighted by Crippen LogP contribution is 2.35. The van der Waals surface area contributed by atoms with Gasteiger partial charge in [0, 0.05) is 11.6 Å². The largest absolute Gasteiger partial charge is 0.443 e. The number of carbonyl (C=O) groups excluding carboxylic acids is 2. The Bertz CT molecular complexity index is 1590. The summed E-state index contributed by atoms with van der Waals surface area (Å²) in [6.45, 7) is 1.72. The van der Waals surface area contributed by atoms with E-state index in [0.29, 0.717) is 16.0 Å². The fourth-order valence-electron chi connectivity index (χ4n) is 3.70. The number of thiophene rings is 1. The lowest BCUT2D eigenvalue weighted by Crippen LogP contribution is -2.26. The molecule has 184 valence electrons. The Morgan fingerprint density at radius 1 is 0.973 bits per heavy atom. The molecule has 0 aliphatic heterocycles. The Morgan fingerprint density at radius 3 is 2.49 bits per heavy atom. The van der Waals surface area contributed by atoms with E-state index in [2.05, 4.69) is 10.3 Å². The van der Waals surface area contributed by atoms with Gasteiger partial charge in [0.1, 0.15) is 15.6 Å². The second-order valence-corrected chi connectivity index (χ2v) is 10.2. The van der Waals surface area contributed by atoms with Gasteiger partial charge in [0.15, 0.2) is 0 Å². The molecule has 0 radical (unpaired) electrons. The summed E-state index contributed by atoms with van der Waals surface area (Å²) < 4.78 is 6.70. The third-order valence-corrected chi connectivity index (χ3v) is 7.76. The molecule has 8 nitrogen and oxygen atoms in total. The molecule has 0 fully saturated rings. The molecule has 0 saturated carbocycles. The maximum Gasteiger partial charge on any atom is 0.349 e. The molecule has 2 heterocycles. The van der Waals surface area contributed by atoms with Crippen LogP contribution in [0.25, 0.3) is 20.1 Å². The van der Waals surface area contributed by atoms with Crippen LogP contribution in [0.15, 0.2) is 84.9 Å². The summed E-state index contributed by atoms with van der Waals surface area (Å²) in [5.74, 6) is -1.38. The third-order valence-electron chi connectivity index (χ3n) is 5.48. The van der Waals surface area contributed by atoms with Crippen molar-refractivity contribution in [1.29, 1.82) is 0 Å². The minimum Gasteiger partial charge on any atom is -0.443 e. The Kier molecular flexibility index (Phi) is 6.76. The number of nitro groups is 1. The number of aryl methyl sites for hydroxylation is 1. The molecule has 0 bridgehead atoms. The molecule has 1 unspecified atom stereocenters. The lowest BCUT2D eigenvalue weighted by Gasteiger charge is -2.18. The number of aromatic nitrogens is 1. The second kappa shape index (κ2) is 10.3. The van der Waals surface area contributed by atoms with Crippen LogP contribution in [0.5, 0.6) is 0 Å². The Morgan fingerprint density at radius 2 is 1.73 bits per heavy atom. The quantitative estimate of drug-likeness (QED) is 0.141. The predicted molar refractivity (Wildman–Crippen MR) is 144 cm³/mol. The summed E-state index contributed by atoms with van der Waals surface area (Å²) in [4.78, 5) is 43.0. The van der Waals surface area contributed by atoms with E-state index < -0.39 is 22.9 Å². The van der Waals surface area contributed by atoms with Crippen LogP contribution in [0.1, 0.15) is 26.9 Å². The fourth-order valence-corrected chi connectivity index (χ4v) is 5.61. The van der Waals surface area contributed by atoms with Crippen LogP contribution in [0, 0.1) is 17.0 Å². The van der Waals surface area contributed by atoms with Crippen LogP contribution in [0.4, 0.5) is 11.4 Å². The fraction of sp³-hybridized carbons (Fsp3) is 0.0741. The lowest BCUT2D eigenvalue weighted by molar-refractivity contribution is -0.384. The van der Waals surface area contributed by atoms with Gasteiger partial charge in [0.05, 0.1) is 20.0 Å². The van der Waals surface area contributed by atoms with Crippen LogP contribution in [-0.4, -0.2) is 21.8 Å². The van der Waals surface area contributed by atoms with Gasteiger partial charge in [-0.25, -0.2) is 9.78 Å². The lowest BCUT2D eigenvalue weighted by atomic mass is 10.1. The molecule has 37 heavy (non-hydrogen) atoms. The summed E-state index contributed by atoms with van der Waals surface area (Å²) >= 11 is 2.75. The van der Waals surface area contributed by atoms with Crippen molar-refractivity contribution >= 4 is 56.1 Å². The van der Waals surface area contributed by atoms with Gasteiger partial charge < -0.3 is 10.1 Å². The summed E-state index contributed by atoms with van der Waals surface area (Å²) in [5, 5.41) is 14.8. The predicted octanol–water partition coefficient (Wildman–Crippen LogP) is 6.78. The number of anilines is 1. The first-order chi connectivity index (χ1) is 17.9. The minimum absolute atomic E-state index is 0.0202. The van der Waals surface area contributed by atoms with Crippen molar-refractivity contribution in [2.24, 2.45) is 0 Å². The highest BCUT2D eigenvalue weighted by molar-refractivity contribution is 7.26. The standard InChI is InChI=1S/C27H19N3O5S2/c1-16-11-12-18(20(15-16)30(33)34)28-25(31)24(17-7-3-2-4-8-17)35-27(32)23-14-13-22(36-23)26-29-19-9-5-6-10-21(19)37-26/h2-15,24H,1H3,(H,28,31). The maximum absolute atomic E-state index is 13.2. The van der Waals surface area contributed by atoms with Crippen LogP contribution in [0.3, 0.4) is 0 Å². The number of rotatable bonds is 7. The number of amides is 1. The molecule has 2 aromatic heterocycles. The molecule has 1 N–H and O–H groups in total. The number of nitro benzene ring substituents is 1. The first kappa shape index (κ1) is 24.3. The molecular formula is C27H19N3O5S2. The smallest absolute Gasteiger partial charge is 0.349 e. The SMILES string of the molecule is Cc1ccc(NC(=O)C(OC(=O)c2ccc(-c3nc4ccccc4s3)s2)c2ccccc2)c([N+](=O)[O-])c1. The summed E-state index contributed by atoms with van der Waals surface area (Å²) in [6.07, 6.45) is -1.32. The van der Waals surface area contributed by atoms with Gasteiger partial charge in [0.2, 0.25) is 6.10 Å². The summed E-state index contributed by atoms with van der Waals surface area (Å²) in [5.41, 5.74) is 1.77. The Hall–Kier alpha value is -4.41. The summed E-state index contributed by atoms with van der Waals surface area (Å²) in [6, 6.07) is 24.2. The number of hydrogen-bond acceptors (Lipinski definition) is 8. The number of nitrogens with one attached hydrogen (secondary N) is 1. The van der Waals surface area contributed by atoms with E-state index >= 15 is 0 Å². The number of esters is 1. The number of thiazole rings is 1. The zero-order valence-electron chi connectivity index (χ0n) is 19.4. The highest BCUT2D eigenvalue weighted by atomic mass is 32.1. The normalized spacial score (nSPS) is 11.7. The number of carbonyl (C=O) groups is 2. The van der Waals surface area contributed by atoms with Crippen LogP contribution in [-0.2, 0) is 9.53 Å². The molecule has 0 aliphatic rings. The average Bonchev–Trinajstić information content (AvgIpc) is 3.56. The first-order valence-corrected chi connectivity index (χ1v) is 12.8. The Labute approximate surface area is 219 Å². The van der Waals surface area contributed by atoms with Gasteiger partial charge in [-0.2, -0.15) is 0 Å². The van der Waals surface area contributed by atoms with Crippen LogP contribution < -0.4 is 5.32 Å². The molecule has 5 rings (SSSR count). The van der Waals surface area contributed by atoms with Gasteiger partial charge in [-0.15, -0.1) is 22.7 Å². The molecular weight excluding hydrogens is 510 g/mol. The van der Waals surface area contributed by atoms with E-state index in [1.807, 2.05) is 24.3 Å². The Balaban J connectivity index is 1.40. The number of ether oxygens (including phenoxy) is 1. The van der Waals surface area contributed by atoms with E-state index in [0.717, 1.165) is 20.1 Å². The van der Waals surface area contributed by atoms with E-state index in [4.69, 9.17) is 4.74 Å². The first-order valence-electron chi connectivity index (χ1n) is 11.2. The minimum atomic E-state index is -1.32. The average molecular weight is 530 g/mol. The highest BCUT2D eigenvalue weighted by Gasteiger charge is 2.28. The number of para-hydroxylation sites is 1. The van der Waals surface area contributed by atoms with Crippen molar-refractivity contribution in [3.63, 3.8) is 0 Å². The number of benzene rings is 3. The van der Waals surface area contributed by atoms with Crippen LogP contribution >= 0.6 is 22.7 Å². The summed E-state index contributed by atoms with van der Waals surface area (Å²) in [7, 11) is 0. The van der Waals surface area contributed by atoms with Crippen molar-refractivity contribution in [2.45, 2.75) is 13.0 Å². The van der Waals surface area contributed by atoms with E-state index in [9.17, 15) is 19.7 Å². The molecule has 10 heteroatoms. The van der Waals surface area contributed by atoms with E-state index in [-0.39, 0.29) is 11.4 Å². The molecule has 3 aromatic carbocycles. The number of fused-ring (bicyclic) bond motifs is 1. The van der Waals surface area contributed by atoms with Crippen molar-refractivity contribution in [1.82, 2.24) is 4.98 Å². The number of nitrogens with zero attached hydrogens (tertiary/aromatic N) is 2. The van der Waals surface area contributed by atoms with Gasteiger partial charge in [-0.05, 0) is 42.8 Å². The molecule has 1 amide bonds. The molecule has 0 spiro atoms. The monoisotopic (exact) mass is 529 g/mol. The van der Waals surface area contributed by atoms with Crippen molar-refractivity contribution in [2.75, 3.05) is 5.32 Å².